The molecular formula is C25H34N4O6S. The van der Waals surface area contributed by atoms with Gasteiger partial charge < -0.3 is 14.4 Å². The normalized spacial score (nSPS) is 16.9. The van der Waals surface area contributed by atoms with Crippen LogP contribution in [0.2, 0.25) is 0 Å². The summed E-state index contributed by atoms with van der Waals surface area (Å²) < 4.78 is 40.6. The summed E-state index contributed by atoms with van der Waals surface area (Å²) in [4.78, 5) is 30.2. The molecule has 0 bridgehead atoms. The van der Waals surface area contributed by atoms with Crippen molar-refractivity contribution in [2.75, 3.05) is 31.0 Å². The molecule has 3 rings (SSSR count). The second-order valence-electron chi connectivity index (χ2n) is 9.76. The van der Waals surface area contributed by atoms with Gasteiger partial charge in [0.05, 0.1) is 30.6 Å². The number of piperazine rings is 1. The first-order valence-corrected chi connectivity index (χ1v) is 13.1. The summed E-state index contributed by atoms with van der Waals surface area (Å²) in [7, 11) is -2.70. The number of benzene rings is 1. The van der Waals surface area contributed by atoms with Crippen LogP contribution in [0.5, 0.6) is 0 Å². The number of methoxy groups -OCH3 is 1. The molecule has 1 aliphatic heterocycles. The first-order chi connectivity index (χ1) is 16.8. The largest absolute Gasteiger partial charge is 0.465 e. The predicted octanol–water partition coefficient (Wildman–Crippen LogP) is 3.37. The smallest absolute Gasteiger partial charge is 0.410 e. The number of esters is 1. The molecule has 0 saturated carbocycles. The minimum atomic E-state index is -3.98. The monoisotopic (exact) mass is 518 g/mol. The zero-order valence-electron chi connectivity index (χ0n) is 21.6. The fourth-order valence-electron chi connectivity index (χ4n) is 3.86. The number of carbonyl (C=O) groups excluding carboxylic acids is 2. The number of aromatic nitrogens is 1. The molecule has 2 heterocycles. The van der Waals surface area contributed by atoms with E-state index in [9.17, 15) is 18.0 Å². The second-order valence-corrected chi connectivity index (χ2v) is 11.6. The zero-order valence-corrected chi connectivity index (χ0v) is 22.4. The van der Waals surface area contributed by atoms with Crippen LogP contribution in [0.4, 0.5) is 10.5 Å². The van der Waals surface area contributed by atoms with Crippen molar-refractivity contribution in [3.63, 3.8) is 0 Å². The molecule has 0 radical (unpaired) electrons. The number of hydrogen-bond acceptors (Lipinski definition) is 7. The summed E-state index contributed by atoms with van der Waals surface area (Å²) in [6, 6.07) is 9.99. The Labute approximate surface area is 213 Å². The van der Waals surface area contributed by atoms with Gasteiger partial charge in [-0.3, -0.25) is 9.29 Å². The van der Waals surface area contributed by atoms with Crippen molar-refractivity contribution in [3.05, 3.63) is 59.4 Å². The fraction of sp³-hybridized carbons (Fsp3) is 0.480. The second kappa shape index (κ2) is 10.8. The maximum absolute atomic E-state index is 13.9. The number of ether oxygens (including phenoxy) is 2. The first-order valence-electron chi connectivity index (χ1n) is 11.7. The van der Waals surface area contributed by atoms with E-state index in [4.69, 9.17) is 9.47 Å². The molecule has 196 valence electrons. The van der Waals surface area contributed by atoms with Gasteiger partial charge in [0.15, 0.2) is 0 Å². The Bertz CT molecular complexity index is 1190. The molecule has 1 atom stereocenters. The number of pyridine rings is 1. The number of aryl methyl sites for hydroxylation is 1. The van der Waals surface area contributed by atoms with Crippen molar-refractivity contribution in [2.45, 2.75) is 52.8 Å². The maximum Gasteiger partial charge on any atom is 0.410 e. The van der Waals surface area contributed by atoms with E-state index in [0.717, 1.165) is 5.56 Å². The number of hydrogen-bond donors (Lipinski definition) is 0. The molecule has 0 spiro atoms. The third kappa shape index (κ3) is 6.52. The zero-order chi connectivity index (χ0) is 26.7. The Morgan fingerprint density at radius 2 is 1.89 bits per heavy atom. The van der Waals surface area contributed by atoms with Gasteiger partial charge >= 0.3 is 22.3 Å². The minimum absolute atomic E-state index is 0.0338. The van der Waals surface area contributed by atoms with Crippen LogP contribution in [0.3, 0.4) is 0 Å². The Hall–Kier alpha value is -3.18. The molecule has 2 aromatic rings. The van der Waals surface area contributed by atoms with Crippen LogP contribution in [0.25, 0.3) is 0 Å². The van der Waals surface area contributed by atoms with Crippen molar-refractivity contribution in [1.82, 2.24) is 14.2 Å². The Balaban J connectivity index is 1.86. The minimum Gasteiger partial charge on any atom is -0.465 e. The highest BCUT2D eigenvalue weighted by Gasteiger charge is 2.38. The van der Waals surface area contributed by atoms with Crippen LogP contribution in [0.1, 0.15) is 49.3 Å². The molecule has 36 heavy (non-hydrogen) atoms. The van der Waals surface area contributed by atoms with Gasteiger partial charge in [-0.2, -0.15) is 12.7 Å². The summed E-state index contributed by atoms with van der Waals surface area (Å²) in [5.41, 5.74) is 1.51. The van der Waals surface area contributed by atoms with E-state index in [1.165, 1.54) is 21.9 Å². The van der Waals surface area contributed by atoms with Crippen molar-refractivity contribution < 1.29 is 27.5 Å². The lowest BCUT2D eigenvalue weighted by Gasteiger charge is -2.41. The molecule has 1 aromatic heterocycles. The molecule has 1 aromatic carbocycles. The van der Waals surface area contributed by atoms with E-state index in [1.54, 1.807) is 62.9 Å². The summed E-state index contributed by atoms with van der Waals surface area (Å²) in [6.07, 6.45) is 0.904. The maximum atomic E-state index is 13.9. The van der Waals surface area contributed by atoms with E-state index in [0.29, 0.717) is 11.4 Å². The molecule has 1 amide bonds. The average molecular weight is 519 g/mol. The van der Waals surface area contributed by atoms with Crippen molar-refractivity contribution >= 4 is 28.0 Å². The van der Waals surface area contributed by atoms with E-state index in [-0.39, 0.29) is 37.8 Å². The lowest BCUT2D eigenvalue weighted by atomic mass is 10.2. The van der Waals surface area contributed by atoms with Crippen LogP contribution < -0.4 is 4.31 Å². The summed E-state index contributed by atoms with van der Waals surface area (Å²) >= 11 is 0. The predicted molar refractivity (Wildman–Crippen MR) is 136 cm³/mol. The Morgan fingerprint density at radius 1 is 1.17 bits per heavy atom. The SMILES string of the molecule is COC(=O)c1ccc(CN(c2cccc(C)c2)S(=O)(=O)N2CCN(C(=O)OC(C)(C)C)[C@H](C)C2)nc1. The third-order valence-electron chi connectivity index (χ3n) is 5.66. The van der Waals surface area contributed by atoms with E-state index >= 15 is 0 Å². The summed E-state index contributed by atoms with van der Waals surface area (Å²) in [6.45, 7) is 9.50. The number of rotatable bonds is 6. The third-order valence-corrected chi connectivity index (χ3v) is 7.55. The first kappa shape index (κ1) is 27.4. The van der Waals surface area contributed by atoms with Gasteiger partial charge in [-0.15, -0.1) is 0 Å². The van der Waals surface area contributed by atoms with Crippen LogP contribution in [0, 0.1) is 6.92 Å². The Morgan fingerprint density at radius 3 is 2.44 bits per heavy atom. The highest BCUT2D eigenvalue weighted by molar-refractivity contribution is 7.90. The van der Waals surface area contributed by atoms with Crippen LogP contribution >= 0.6 is 0 Å². The van der Waals surface area contributed by atoms with E-state index in [2.05, 4.69) is 4.98 Å². The van der Waals surface area contributed by atoms with Gasteiger partial charge in [0, 0.05) is 31.9 Å². The standard InChI is InChI=1S/C25H34N4O6S/c1-18-8-7-9-22(14-18)29(17-21-11-10-20(15-26-21)23(30)34-6)36(32,33)27-12-13-28(19(2)16-27)24(31)35-25(3,4)5/h7-11,14-15,19H,12-13,16-17H2,1-6H3/t19-/m1/s1. The Kier molecular flexibility index (Phi) is 8.25. The topological polar surface area (TPSA) is 109 Å². The lowest BCUT2D eigenvalue weighted by Crippen LogP contribution is -2.58. The van der Waals surface area contributed by atoms with Crippen molar-refractivity contribution in [1.29, 1.82) is 0 Å². The van der Waals surface area contributed by atoms with Gasteiger partial charge in [-0.1, -0.05) is 12.1 Å². The molecular weight excluding hydrogens is 484 g/mol. The number of nitrogens with zero attached hydrogens (tertiary/aromatic N) is 4. The van der Waals surface area contributed by atoms with Crippen LogP contribution in [-0.4, -0.2) is 73.1 Å². The molecule has 0 aliphatic carbocycles. The molecule has 1 aliphatic rings. The molecule has 11 heteroatoms. The summed E-state index contributed by atoms with van der Waals surface area (Å²) in [5.74, 6) is -0.519. The molecule has 1 saturated heterocycles. The van der Waals surface area contributed by atoms with E-state index in [1.807, 2.05) is 13.0 Å². The lowest BCUT2D eigenvalue weighted by molar-refractivity contribution is 0.00855. The van der Waals surface area contributed by atoms with Gasteiger partial charge in [-0.25, -0.2) is 9.59 Å². The highest BCUT2D eigenvalue weighted by atomic mass is 32.2. The number of anilines is 1. The molecule has 0 unspecified atom stereocenters. The van der Waals surface area contributed by atoms with Gasteiger partial charge in [0.1, 0.15) is 5.60 Å². The average Bonchev–Trinajstić information content (AvgIpc) is 2.81. The van der Waals surface area contributed by atoms with Crippen LogP contribution in [-0.2, 0) is 26.2 Å². The van der Waals surface area contributed by atoms with Gasteiger partial charge in [-0.05, 0) is 64.4 Å². The van der Waals surface area contributed by atoms with Crippen LogP contribution in [0.15, 0.2) is 42.6 Å². The highest BCUT2D eigenvalue weighted by Crippen LogP contribution is 2.26. The fourth-order valence-corrected chi connectivity index (χ4v) is 5.53. The molecule has 1 fully saturated rings. The molecule has 10 nitrogen and oxygen atoms in total. The molecule has 0 N–H and O–H groups in total. The van der Waals surface area contributed by atoms with Crippen molar-refractivity contribution in [2.24, 2.45) is 0 Å². The number of amides is 1. The number of carbonyl (C=O) groups is 2. The van der Waals surface area contributed by atoms with E-state index < -0.39 is 27.9 Å². The van der Waals surface area contributed by atoms with Crippen molar-refractivity contribution in [3.8, 4) is 0 Å². The quantitative estimate of drug-likeness (QED) is 0.539. The summed E-state index contributed by atoms with van der Waals surface area (Å²) in [5, 5.41) is 0. The van der Waals surface area contributed by atoms with Gasteiger partial charge in [0.2, 0.25) is 0 Å². The van der Waals surface area contributed by atoms with Gasteiger partial charge in [0.25, 0.3) is 0 Å².